The molecular weight excluding hydrogens is 328 g/mol. The van der Waals surface area contributed by atoms with Gasteiger partial charge in [0.15, 0.2) is 5.43 Å². The summed E-state index contributed by atoms with van der Waals surface area (Å²) in [4.78, 5) is 25.5. The number of carbonyl (C=O) groups is 1. The Labute approximate surface area is 152 Å². The Morgan fingerprint density at radius 3 is 2.46 bits per heavy atom. The zero-order valence-corrected chi connectivity index (χ0v) is 15.0. The fourth-order valence-corrected chi connectivity index (χ4v) is 3.13. The highest BCUT2D eigenvalue weighted by molar-refractivity contribution is 6.05. The Kier molecular flexibility index (Phi) is 5.37. The van der Waals surface area contributed by atoms with Crippen molar-refractivity contribution in [3.05, 3.63) is 87.7 Å². The lowest BCUT2D eigenvalue weighted by Gasteiger charge is -2.19. The highest BCUT2D eigenvalue weighted by atomic mass is 16.3. The van der Waals surface area contributed by atoms with E-state index < -0.39 is 0 Å². The number of furan rings is 1. The summed E-state index contributed by atoms with van der Waals surface area (Å²) in [6, 6.07) is 14.4. The zero-order valence-electron chi connectivity index (χ0n) is 15.0. The molecule has 0 unspecified atom stereocenters. The van der Waals surface area contributed by atoms with E-state index in [1.807, 2.05) is 48.7 Å². The molecule has 2 aromatic heterocycles. The number of amides is 1. The van der Waals surface area contributed by atoms with E-state index in [9.17, 15) is 9.59 Å². The summed E-state index contributed by atoms with van der Waals surface area (Å²) < 4.78 is 7.48. The quantitative estimate of drug-likeness (QED) is 0.734. The molecule has 2 heterocycles. The monoisotopic (exact) mass is 350 g/mol. The Morgan fingerprint density at radius 2 is 1.85 bits per heavy atom. The van der Waals surface area contributed by atoms with E-state index in [-0.39, 0.29) is 16.9 Å². The molecule has 0 spiro atoms. The second-order valence-corrected chi connectivity index (χ2v) is 6.01. The fraction of sp³-hybridized carbons (Fsp3) is 0.238. The molecule has 3 rings (SSSR count). The van der Waals surface area contributed by atoms with E-state index in [2.05, 4.69) is 5.32 Å². The van der Waals surface area contributed by atoms with Crippen LogP contribution in [0.4, 0.5) is 5.69 Å². The Hall–Kier alpha value is -3.08. The molecular formula is C21H22N2O3. The van der Waals surface area contributed by atoms with E-state index in [1.54, 1.807) is 24.5 Å². The van der Waals surface area contributed by atoms with Gasteiger partial charge in [-0.3, -0.25) is 9.59 Å². The van der Waals surface area contributed by atoms with Crippen LogP contribution in [0.2, 0.25) is 0 Å². The summed E-state index contributed by atoms with van der Waals surface area (Å²) >= 11 is 0. The van der Waals surface area contributed by atoms with Crippen molar-refractivity contribution in [2.45, 2.75) is 33.2 Å². The van der Waals surface area contributed by atoms with Crippen LogP contribution in [-0.2, 0) is 19.4 Å². The molecule has 0 saturated heterocycles. The number of carbonyl (C=O) groups excluding carboxylic acids is 1. The molecule has 0 radical (unpaired) electrons. The van der Waals surface area contributed by atoms with Crippen molar-refractivity contribution in [2.75, 3.05) is 5.32 Å². The topological polar surface area (TPSA) is 64.2 Å². The van der Waals surface area contributed by atoms with E-state index in [1.165, 1.54) is 0 Å². The van der Waals surface area contributed by atoms with Crippen LogP contribution in [0.1, 0.15) is 41.4 Å². The molecule has 1 amide bonds. The third-order valence-corrected chi connectivity index (χ3v) is 4.36. The minimum Gasteiger partial charge on any atom is -0.467 e. The van der Waals surface area contributed by atoms with Gasteiger partial charge in [-0.2, -0.15) is 0 Å². The number of hydrogen-bond acceptors (Lipinski definition) is 3. The molecule has 5 heteroatoms. The van der Waals surface area contributed by atoms with Gasteiger partial charge in [0.2, 0.25) is 0 Å². The molecule has 0 aliphatic rings. The SMILES string of the molecule is CCc1cc(=O)c(C(=O)Nc2ccccc2)c(CC)n1Cc1ccco1. The van der Waals surface area contributed by atoms with Crippen molar-refractivity contribution in [3.63, 3.8) is 0 Å². The van der Waals surface area contributed by atoms with E-state index in [0.29, 0.717) is 25.1 Å². The lowest BCUT2D eigenvalue weighted by molar-refractivity contribution is 0.102. The molecule has 5 nitrogen and oxygen atoms in total. The number of rotatable bonds is 6. The summed E-state index contributed by atoms with van der Waals surface area (Å²) in [5, 5.41) is 2.82. The number of benzene rings is 1. The maximum Gasteiger partial charge on any atom is 0.261 e. The molecule has 0 aliphatic carbocycles. The van der Waals surface area contributed by atoms with Crippen LogP contribution in [-0.4, -0.2) is 10.5 Å². The predicted molar refractivity (Wildman–Crippen MR) is 102 cm³/mol. The lowest BCUT2D eigenvalue weighted by Crippen LogP contribution is -2.29. The highest BCUT2D eigenvalue weighted by Crippen LogP contribution is 2.16. The number of anilines is 1. The number of nitrogens with one attached hydrogen (secondary N) is 1. The molecule has 0 saturated carbocycles. The Bertz CT molecular complexity index is 941. The summed E-state index contributed by atoms with van der Waals surface area (Å²) in [6.07, 6.45) is 2.89. The summed E-state index contributed by atoms with van der Waals surface area (Å²) in [5.74, 6) is 0.404. The maximum absolute atomic E-state index is 12.8. The van der Waals surface area contributed by atoms with E-state index >= 15 is 0 Å². The van der Waals surface area contributed by atoms with Crippen LogP contribution in [0, 0.1) is 0 Å². The minimum atomic E-state index is -0.381. The fourth-order valence-electron chi connectivity index (χ4n) is 3.13. The number of hydrogen-bond donors (Lipinski definition) is 1. The minimum absolute atomic E-state index is 0.195. The maximum atomic E-state index is 12.8. The van der Waals surface area contributed by atoms with E-state index in [0.717, 1.165) is 17.1 Å². The Morgan fingerprint density at radius 1 is 1.08 bits per heavy atom. The first-order valence-electron chi connectivity index (χ1n) is 8.78. The average molecular weight is 350 g/mol. The zero-order chi connectivity index (χ0) is 18.5. The average Bonchev–Trinajstić information content (AvgIpc) is 3.16. The van der Waals surface area contributed by atoms with Gasteiger partial charge in [0, 0.05) is 23.1 Å². The van der Waals surface area contributed by atoms with E-state index in [4.69, 9.17) is 4.42 Å². The van der Waals surface area contributed by atoms with Crippen LogP contribution in [0.3, 0.4) is 0 Å². The molecule has 134 valence electrons. The largest absolute Gasteiger partial charge is 0.467 e. The molecule has 0 aliphatic heterocycles. The standard InChI is InChI=1S/C21H22N2O3/c1-3-16-13-19(24)20(21(25)22-15-9-6-5-7-10-15)18(4-2)23(16)14-17-11-8-12-26-17/h5-13H,3-4,14H2,1-2H3,(H,22,25). The van der Waals surface area contributed by atoms with Gasteiger partial charge < -0.3 is 14.3 Å². The third-order valence-electron chi connectivity index (χ3n) is 4.36. The molecule has 1 aromatic carbocycles. The van der Waals surface area contributed by atoms with Crippen molar-refractivity contribution in [3.8, 4) is 0 Å². The first-order valence-corrected chi connectivity index (χ1v) is 8.78. The Balaban J connectivity index is 2.06. The summed E-state index contributed by atoms with van der Waals surface area (Å²) in [7, 11) is 0. The number of aryl methyl sites for hydroxylation is 1. The van der Waals surface area contributed by atoms with Gasteiger partial charge in [-0.05, 0) is 37.1 Å². The molecule has 0 bridgehead atoms. The molecule has 3 aromatic rings. The second kappa shape index (κ2) is 7.87. The van der Waals surface area contributed by atoms with Crippen LogP contribution in [0.15, 0.2) is 64.0 Å². The van der Waals surface area contributed by atoms with Gasteiger partial charge in [-0.15, -0.1) is 0 Å². The van der Waals surface area contributed by atoms with Gasteiger partial charge in [0.1, 0.15) is 11.3 Å². The molecule has 26 heavy (non-hydrogen) atoms. The smallest absolute Gasteiger partial charge is 0.261 e. The number of pyridine rings is 1. The molecule has 0 atom stereocenters. The molecule has 0 fully saturated rings. The molecule has 1 N–H and O–H groups in total. The number of nitrogens with zero attached hydrogens (tertiary/aromatic N) is 1. The second-order valence-electron chi connectivity index (χ2n) is 6.01. The van der Waals surface area contributed by atoms with Crippen LogP contribution in [0.25, 0.3) is 0 Å². The first-order chi connectivity index (χ1) is 12.6. The van der Waals surface area contributed by atoms with Crippen LogP contribution in [0.5, 0.6) is 0 Å². The third kappa shape index (κ3) is 3.61. The van der Waals surface area contributed by atoms with Gasteiger partial charge in [-0.25, -0.2) is 0 Å². The van der Waals surface area contributed by atoms with Crippen molar-refractivity contribution in [1.29, 1.82) is 0 Å². The van der Waals surface area contributed by atoms with Crippen molar-refractivity contribution < 1.29 is 9.21 Å². The number of aromatic nitrogens is 1. The van der Waals surface area contributed by atoms with Gasteiger partial charge in [-0.1, -0.05) is 32.0 Å². The van der Waals surface area contributed by atoms with Crippen molar-refractivity contribution in [1.82, 2.24) is 4.57 Å². The van der Waals surface area contributed by atoms with Crippen LogP contribution < -0.4 is 10.7 Å². The predicted octanol–water partition coefficient (Wildman–Crippen LogP) is 3.87. The highest BCUT2D eigenvalue weighted by Gasteiger charge is 2.20. The lowest BCUT2D eigenvalue weighted by atomic mass is 10.1. The van der Waals surface area contributed by atoms with Gasteiger partial charge >= 0.3 is 0 Å². The normalized spacial score (nSPS) is 10.7. The summed E-state index contributed by atoms with van der Waals surface area (Å²) in [5.41, 5.74) is 2.22. The van der Waals surface area contributed by atoms with Crippen LogP contribution >= 0.6 is 0 Å². The van der Waals surface area contributed by atoms with Gasteiger partial charge in [0.05, 0.1) is 12.8 Å². The van der Waals surface area contributed by atoms with Crippen molar-refractivity contribution >= 4 is 11.6 Å². The van der Waals surface area contributed by atoms with Crippen molar-refractivity contribution in [2.24, 2.45) is 0 Å². The van der Waals surface area contributed by atoms with Gasteiger partial charge in [0.25, 0.3) is 5.91 Å². The first kappa shape index (κ1) is 17.7. The summed E-state index contributed by atoms with van der Waals surface area (Å²) in [6.45, 7) is 4.44. The number of para-hydroxylation sites is 1.